The van der Waals surface area contributed by atoms with Crippen molar-refractivity contribution >= 4 is 0 Å². The molecule has 17 heavy (non-hydrogen) atoms. The molecule has 0 amide bonds. The molecule has 1 saturated carbocycles. The van der Waals surface area contributed by atoms with Gasteiger partial charge in [-0.3, -0.25) is 0 Å². The molecule has 0 bridgehead atoms. The van der Waals surface area contributed by atoms with Gasteiger partial charge in [-0.05, 0) is 31.1 Å². The summed E-state index contributed by atoms with van der Waals surface area (Å²) in [5.41, 5.74) is 0.546. The van der Waals surface area contributed by atoms with Crippen molar-refractivity contribution in [3.63, 3.8) is 0 Å². The van der Waals surface area contributed by atoms with Gasteiger partial charge in [0.05, 0.1) is 6.54 Å². The van der Waals surface area contributed by atoms with E-state index in [9.17, 15) is 0 Å². The minimum atomic E-state index is 0.546. The summed E-state index contributed by atoms with van der Waals surface area (Å²) >= 11 is 0. The van der Waals surface area contributed by atoms with Crippen LogP contribution in [-0.2, 0) is 19.5 Å². The Balaban J connectivity index is 1.56. The molecule has 2 heterocycles. The van der Waals surface area contributed by atoms with Crippen LogP contribution in [0.15, 0.2) is 0 Å². The van der Waals surface area contributed by atoms with Crippen molar-refractivity contribution in [1.29, 1.82) is 0 Å². The number of fused-ring (bicyclic) bond motifs is 1. The Morgan fingerprint density at radius 3 is 2.88 bits per heavy atom. The molecule has 1 aromatic rings. The van der Waals surface area contributed by atoms with Crippen LogP contribution < -0.4 is 5.32 Å². The van der Waals surface area contributed by atoms with Gasteiger partial charge in [0.15, 0.2) is 0 Å². The standard InChI is InChI=1S/C13H22N4/c1-13(6-4-7-13)10-14-9-12-16-15-11-5-2-3-8-17(11)12/h14H,2-10H2,1H3. The first kappa shape index (κ1) is 11.2. The number of aryl methyl sites for hydroxylation is 1. The van der Waals surface area contributed by atoms with E-state index in [2.05, 4.69) is 27.0 Å². The van der Waals surface area contributed by atoms with Gasteiger partial charge in [-0.25, -0.2) is 0 Å². The number of hydrogen-bond donors (Lipinski definition) is 1. The molecule has 0 unspecified atom stereocenters. The van der Waals surface area contributed by atoms with Crippen molar-refractivity contribution in [3.05, 3.63) is 11.6 Å². The van der Waals surface area contributed by atoms with Crippen molar-refractivity contribution in [2.75, 3.05) is 6.54 Å². The highest BCUT2D eigenvalue weighted by molar-refractivity contribution is 4.99. The van der Waals surface area contributed by atoms with Crippen molar-refractivity contribution in [2.45, 2.75) is 58.5 Å². The quantitative estimate of drug-likeness (QED) is 0.865. The van der Waals surface area contributed by atoms with E-state index in [1.54, 1.807) is 0 Å². The van der Waals surface area contributed by atoms with Gasteiger partial charge in [0.1, 0.15) is 11.6 Å². The zero-order valence-electron chi connectivity index (χ0n) is 10.7. The number of hydrogen-bond acceptors (Lipinski definition) is 3. The molecule has 3 rings (SSSR count). The number of nitrogens with zero attached hydrogens (tertiary/aromatic N) is 3. The molecule has 1 fully saturated rings. The van der Waals surface area contributed by atoms with E-state index in [0.29, 0.717) is 5.41 Å². The van der Waals surface area contributed by atoms with Crippen LogP contribution in [0.5, 0.6) is 0 Å². The third-order valence-electron chi connectivity index (χ3n) is 4.33. The molecule has 1 aliphatic carbocycles. The lowest BCUT2D eigenvalue weighted by Gasteiger charge is -2.38. The molecule has 1 aliphatic heterocycles. The van der Waals surface area contributed by atoms with Gasteiger partial charge in [0.25, 0.3) is 0 Å². The van der Waals surface area contributed by atoms with Gasteiger partial charge in [-0.15, -0.1) is 10.2 Å². The van der Waals surface area contributed by atoms with Gasteiger partial charge in [-0.2, -0.15) is 0 Å². The molecule has 0 radical (unpaired) electrons. The molecule has 0 atom stereocenters. The highest BCUT2D eigenvalue weighted by atomic mass is 15.3. The Labute approximate surface area is 103 Å². The maximum absolute atomic E-state index is 4.31. The smallest absolute Gasteiger partial charge is 0.147 e. The topological polar surface area (TPSA) is 42.7 Å². The molecule has 1 aromatic heterocycles. The normalized spacial score (nSPS) is 21.9. The molecule has 0 spiro atoms. The van der Waals surface area contributed by atoms with E-state index in [-0.39, 0.29) is 0 Å². The van der Waals surface area contributed by atoms with Crippen LogP contribution in [-0.4, -0.2) is 21.3 Å². The van der Waals surface area contributed by atoms with Crippen LogP contribution in [0, 0.1) is 5.41 Å². The van der Waals surface area contributed by atoms with E-state index >= 15 is 0 Å². The van der Waals surface area contributed by atoms with Crippen molar-refractivity contribution < 1.29 is 0 Å². The Morgan fingerprint density at radius 2 is 2.12 bits per heavy atom. The molecular weight excluding hydrogens is 212 g/mol. The Hall–Kier alpha value is -0.900. The first-order chi connectivity index (χ1) is 8.27. The summed E-state index contributed by atoms with van der Waals surface area (Å²) in [5, 5.41) is 12.1. The fraction of sp³-hybridized carbons (Fsp3) is 0.846. The lowest BCUT2D eigenvalue weighted by atomic mass is 9.70. The highest BCUT2D eigenvalue weighted by Gasteiger charge is 2.31. The number of nitrogens with one attached hydrogen (secondary N) is 1. The molecule has 4 nitrogen and oxygen atoms in total. The lowest BCUT2D eigenvalue weighted by Crippen LogP contribution is -2.37. The zero-order chi connectivity index (χ0) is 11.7. The van der Waals surface area contributed by atoms with Gasteiger partial charge >= 0.3 is 0 Å². The molecule has 4 heteroatoms. The molecule has 2 aliphatic rings. The maximum Gasteiger partial charge on any atom is 0.147 e. The van der Waals surface area contributed by atoms with Gasteiger partial charge < -0.3 is 9.88 Å². The minimum absolute atomic E-state index is 0.546. The van der Waals surface area contributed by atoms with Crippen LogP contribution in [0.4, 0.5) is 0 Å². The van der Waals surface area contributed by atoms with E-state index in [1.807, 2.05) is 0 Å². The van der Waals surface area contributed by atoms with Crippen molar-refractivity contribution in [2.24, 2.45) is 5.41 Å². The summed E-state index contributed by atoms with van der Waals surface area (Å²) in [6.45, 7) is 5.48. The maximum atomic E-state index is 4.31. The van der Waals surface area contributed by atoms with E-state index < -0.39 is 0 Å². The summed E-state index contributed by atoms with van der Waals surface area (Å²) in [6.07, 6.45) is 7.79. The fourth-order valence-electron chi connectivity index (χ4n) is 2.93. The van der Waals surface area contributed by atoms with E-state index in [1.165, 1.54) is 37.9 Å². The van der Waals surface area contributed by atoms with Crippen molar-refractivity contribution in [3.8, 4) is 0 Å². The largest absolute Gasteiger partial charge is 0.314 e. The second-order valence-corrected chi connectivity index (χ2v) is 5.91. The summed E-state index contributed by atoms with van der Waals surface area (Å²) in [5.74, 6) is 2.31. The summed E-state index contributed by atoms with van der Waals surface area (Å²) in [4.78, 5) is 0. The average molecular weight is 234 g/mol. The average Bonchev–Trinajstić information content (AvgIpc) is 2.71. The summed E-state index contributed by atoms with van der Waals surface area (Å²) in [6, 6.07) is 0. The first-order valence-electron chi connectivity index (χ1n) is 6.89. The Morgan fingerprint density at radius 1 is 1.24 bits per heavy atom. The van der Waals surface area contributed by atoms with E-state index in [0.717, 1.165) is 31.9 Å². The Bertz CT molecular complexity index is 392. The highest BCUT2D eigenvalue weighted by Crippen LogP contribution is 2.39. The molecular formula is C13H22N4. The Kier molecular flexibility index (Phi) is 2.90. The zero-order valence-corrected chi connectivity index (χ0v) is 10.7. The van der Waals surface area contributed by atoms with Crippen LogP contribution in [0.3, 0.4) is 0 Å². The molecule has 1 N–H and O–H groups in total. The van der Waals surface area contributed by atoms with Crippen LogP contribution in [0.2, 0.25) is 0 Å². The van der Waals surface area contributed by atoms with Crippen LogP contribution in [0.25, 0.3) is 0 Å². The number of rotatable bonds is 4. The molecule has 0 aromatic carbocycles. The van der Waals surface area contributed by atoms with Crippen molar-refractivity contribution in [1.82, 2.24) is 20.1 Å². The van der Waals surface area contributed by atoms with Gasteiger partial charge in [-0.1, -0.05) is 13.3 Å². The second-order valence-electron chi connectivity index (χ2n) is 5.91. The second kappa shape index (κ2) is 4.41. The minimum Gasteiger partial charge on any atom is -0.314 e. The molecule has 0 saturated heterocycles. The first-order valence-corrected chi connectivity index (χ1v) is 6.89. The van der Waals surface area contributed by atoms with Gasteiger partial charge in [0, 0.05) is 19.5 Å². The summed E-state index contributed by atoms with van der Waals surface area (Å²) < 4.78 is 2.31. The lowest BCUT2D eigenvalue weighted by molar-refractivity contribution is 0.156. The summed E-state index contributed by atoms with van der Waals surface area (Å²) in [7, 11) is 0. The van der Waals surface area contributed by atoms with Crippen LogP contribution in [0.1, 0.15) is 50.7 Å². The monoisotopic (exact) mass is 234 g/mol. The fourth-order valence-corrected chi connectivity index (χ4v) is 2.93. The van der Waals surface area contributed by atoms with Gasteiger partial charge in [0.2, 0.25) is 0 Å². The molecule has 94 valence electrons. The predicted molar refractivity (Wildman–Crippen MR) is 66.6 cm³/mol. The SMILES string of the molecule is CC1(CNCc2nnc3n2CCCC3)CCC1. The third kappa shape index (κ3) is 2.23. The predicted octanol–water partition coefficient (Wildman–Crippen LogP) is 1.89. The number of aromatic nitrogens is 3. The van der Waals surface area contributed by atoms with Crippen LogP contribution >= 0.6 is 0 Å². The third-order valence-corrected chi connectivity index (χ3v) is 4.33. The van der Waals surface area contributed by atoms with E-state index in [4.69, 9.17) is 0 Å².